The molecule has 0 aliphatic carbocycles. The molecule has 0 spiro atoms. The third-order valence-electron chi connectivity index (χ3n) is 3.15. The van der Waals surface area contributed by atoms with Crippen LogP contribution in [0.4, 0.5) is 0 Å². The van der Waals surface area contributed by atoms with E-state index in [1.54, 1.807) is 20.8 Å². The van der Waals surface area contributed by atoms with E-state index in [0.29, 0.717) is 6.42 Å². The number of rotatable bonds is 7. The molecule has 0 saturated carbocycles. The molecule has 1 N–H and O–H groups in total. The van der Waals surface area contributed by atoms with E-state index < -0.39 is 14.6 Å². The summed E-state index contributed by atoms with van der Waals surface area (Å²) in [6.07, 6.45) is 2.47. The van der Waals surface area contributed by atoms with Crippen LogP contribution >= 0.6 is 0 Å². The second kappa shape index (κ2) is 6.01. The average molecular weight is 261 g/mol. The molecule has 4 heteroatoms. The fourth-order valence-electron chi connectivity index (χ4n) is 1.35. The van der Waals surface area contributed by atoms with E-state index in [2.05, 4.69) is 11.9 Å². The van der Waals surface area contributed by atoms with Gasteiger partial charge in [0.1, 0.15) is 0 Å². The molecule has 102 valence electrons. The zero-order valence-corrected chi connectivity index (χ0v) is 12.7. The van der Waals surface area contributed by atoms with Gasteiger partial charge in [0.2, 0.25) is 0 Å². The molecule has 0 aliphatic rings. The minimum absolute atomic E-state index is 0.158. The van der Waals surface area contributed by atoms with E-state index in [1.165, 1.54) is 0 Å². The molecule has 0 heterocycles. The van der Waals surface area contributed by atoms with E-state index in [9.17, 15) is 8.42 Å². The lowest BCUT2D eigenvalue weighted by Gasteiger charge is -2.28. The van der Waals surface area contributed by atoms with Crippen LogP contribution in [-0.4, -0.2) is 32.0 Å². The van der Waals surface area contributed by atoms with E-state index >= 15 is 0 Å². The Morgan fingerprint density at radius 1 is 1.24 bits per heavy atom. The Balaban J connectivity index is 4.58. The van der Waals surface area contributed by atoms with Gasteiger partial charge >= 0.3 is 0 Å². The van der Waals surface area contributed by atoms with Crippen LogP contribution in [0.1, 0.15) is 41.0 Å². The normalized spacial score (nSPS) is 16.5. The van der Waals surface area contributed by atoms with Gasteiger partial charge in [0.05, 0.1) is 10.5 Å². The van der Waals surface area contributed by atoms with Crippen molar-refractivity contribution in [2.45, 2.75) is 45.8 Å². The van der Waals surface area contributed by atoms with Crippen molar-refractivity contribution in [2.24, 2.45) is 5.41 Å². The third-order valence-corrected chi connectivity index (χ3v) is 5.75. The van der Waals surface area contributed by atoms with Crippen LogP contribution in [0.5, 0.6) is 0 Å². The van der Waals surface area contributed by atoms with Crippen molar-refractivity contribution in [3.05, 3.63) is 12.7 Å². The lowest BCUT2D eigenvalue weighted by atomic mass is 9.88. The molecule has 0 aromatic carbocycles. The summed E-state index contributed by atoms with van der Waals surface area (Å²) in [5.41, 5.74) is -0.158. The van der Waals surface area contributed by atoms with Crippen molar-refractivity contribution < 1.29 is 8.42 Å². The van der Waals surface area contributed by atoms with Crippen LogP contribution in [0.3, 0.4) is 0 Å². The minimum Gasteiger partial charge on any atom is -0.316 e. The molecular formula is C13H27NO2S. The maximum atomic E-state index is 12.0. The quantitative estimate of drug-likeness (QED) is 0.716. The molecule has 0 amide bonds. The van der Waals surface area contributed by atoms with Gasteiger partial charge in [-0.25, -0.2) is 8.42 Å². The van der Waals surface area contributed by atoms with Gasteiger partial charge in [-0.3, -0.25) is 0 Å². The van der Waals surface area contributed by atoms with Crippen molar-refractivity contribution in [3.8, 4) is 0 Å². The highest BCUT2D eigenvalue weighted by atomic mass is 32.2. The molecule has 0 rings (SSSR count). The molecule has 1 unspecified atom stereocenters. The smallest absolute Gasteiger partial charge is 0.155 e. The Hall–Kier alpha value is -0.350. The lowest BCUT2D eigenvalue weighted by Crippen LogP contribution is -2.36. The lowest BCUT2D eigenvalue weighted by molar-refractivity contribution is 0.383. The predicted molar refractivity (Wildman–Crippen MR) is 75.0 cm³/mol. The maximum Gasteiger partial charge on any atom is 0.155 e. The highest BCUT2D eigenvalue weighted by Crippen LogP contribution is 2.26. The third kappa shape index (κ3) is 5.21. The van der Waals surface area contributed by atoms with E-state index in [4.69, 9.17) is 0 Å². The molecule has 1 atom stereocenters. The van der Waals surface area contributed by atoms with Gasteiger partial charge in [-0.05, 0) is 39.2 Å². The number of hydrogen-bond donors (Lipinski definition) is 1. The standard InChI is InChI=1S/C13H27NO2S/c1-7-13(6,11-14-8-2)9-10-17(15,16)12(3,4)5/h7,14H,1,8-11H2,2-6H3. The van der Waals surface area contributed by atoms with Gasteiger partial charge in [-0.2, -0.15) is 0 Å². The van der Waals surface area contributed by atoms with Crippen LogP contribution < -0.4 is 5.32 Å². The SMILES string of the molecule is C=CC(C)(CCS(=O)(=O)C(C)(C)C)CNCC. The van der Waals surface area contributed by atoms with Gasteiger partial charge in [0.15, 0.2) is 9.84 Å². The monoisotopic (exact) mass is 261 g/mol. The molecule has 0 fully saturated rings. The number of nitrogens with one attached hydrogen (secondary N) is 1. The molecule has 0 aromatic rings. The highest BCUT2D eigenvalue weighted by molar-refractivity contribution is 7.92. The predicted octanol–water partition coefficient (Wildman–Crippen LogP) is 2.39. The minimum atomic E-state index is -3.04. The van der Waals surface area contributed by atoms with Crippen LogP contribution in [0, 0.1) is 5.41 Å². The summed E-state index contributed by atoms with van der Waals surface area (Å²) in [4.78, 5) is 0. The van der Waals surface area contributed by atoms with Gasteiger partial charge in [0, 0.05) is 6.54 Å². The molecule has 17 heavy (non-hydrogen) atoms. The Morgan fingerprint density at radius 3 is 2.12 bits per heavy atom. The summed E-state index contributed by atoms with van der Waals surface area (Å²) in [6.45, 7) is 14.8. The van der Waals surface area contributed by atoms with Crippen molar-refractivity contribution in [2.75, 3.05) is 18.8 Å². The first-order valence-electron chi connectivity index (χ1n) is 6.14. The van der Waals surface area contributed by atoms with Crippen molar-refractivity contribution in [1.82, 2.24) is 5.32 Å². The Kier molecular flexibility index (Phi) is 5.88. The van der Waals surface area contributed by atoms with E-state index in [-0.39, 0.29) is 11.2 Å². The first-order chi connectivity index (χ1) is 7.58. The Bertz CT molecular complexity index is 341. The van der Waals surface area contributed by atoms with Gasteiger partial charge < -0.3 is 5.32 Å². The zero-order valence-electron chi connectivity index (χ0n) is 11.8. The van der Waals surface area contributed by atoms with E-state index in [1.807, 2.05) is 19.9 Å². The molecule has 0 bridgehead atoms. The van der Waals surface area contributed by atoms with Crippen LogP contribution in [0.2, 0.25) is 0 Å². The summed E-state index contributed by atoms with van der Waals surface area (Å²) in [6, 6.07) is 0. The number of hydrogen-bond acceptors (Lipinski definition) is 3. The second-order valence-corrected chi connectivity index (χ2v) is 8.68. The van der Waals surface area contributed by atoms with E-state index in [0.717, 1.165) is 13.1 Å². The topological polar surface area (TPSA) is 46.2 Å². The van der Waals surface area contributed by atoms with Crippen molar-refractivity contribution in [3.63, 3.8) is 0 Å². The first kappa shape index (κ1) is 16.6. The fraction of sp³-hybridized carbons (Fsp3) is 0.846. The second-order valence-electron chi connectivity index (χ2n) is 5.82. The molecular weight excluding hydrogens is 234 g/mol. The fourth-order valence-corrected chi connectivity index (χ4v) is 2.69. The van der Waals surface area contributed by atoms with Crippen LogP contribution in [0.25, 0.3) is 0 Å². The Labute approximate surface area is 107 Å². The first-order valence-corrected chi connectivity index (χ1v) is 7.80. The summed E-state index contributed by atoms with van der Waals surface area (Å²) in [5, 5.41) is 3.25. The molecule has 0 aliphatic heterocycles. The zero-order chi connectivity index (χ0) is 13.7. The van der Waals surface area contributed by atoms with Crippen LogP contribution in [0.15, 0.2) is 12.7 Å². The number of sulfone groups is 1. The van der Waals surface area contributed by atoms with Crippen LogP contribution in [-0.2, 0) is 9.84 Å². The molecule has 0 saturated heterocycles. The van der Waals surface area contributed by atoms with Crippen molar-refractivity contribution in [1.29, 1.82) is 0 Å². The summed E-state index contributed by atoms with van der Waals surface area (Å²) in [5.74, 6) is 0.213. The summed E-state index contributed by atoms with van der Waals surface area (Å²) >= 11 is 0. The van der Waals surface area contributed by atoms with Gasteiger partial charge in [-0.15, -0.1) is 6.58 Å². The highest BCUT2D eigenvalue weighted by Gasteiger charge is 2.31. The average Bonchev–Trinajstić information content (AvgIpc) is 2.22. The van der Waals surface area contributed by atoms with Crippen molar-refractivity contribution >= 4 is 9.84 Å². The summed E-state index contributed by atoms with van der Waals surface area (Å²) < 4.78 is 23.4. The molecule has 0 radical (unpaired) electrons. The molecule has 3 nitrogen and oxygen atoms in total. The molecule has 0 aromatic heterocycles. The summed E-state index contributed by atoms with van der Waals surface area (Å²) in [7, 11) is -3.04. The maximum absolute atomic E-state index is 12.0. The largest absolute Gasteiger partial charge is 0.316 e. The van der Waals surface area contributed by atoms with Gasteiger partial charge in [0.25, 0.3) is 0 Å². The Morgan fingerprint density at radius 2 is 1.76 bits per heavy atom. The van der Waals surface area contributed by atoms with Gasteiger partial charge in [-0.1, -0.05) is 19.9 Å².